The highest BCUT2D eigenvalue weighted by Gasteiger charge is 2.33. The summed E-state index contributed by atoms with van der Waals surface area (Å²) in [5.74, 6) is 0.0319. The molecule has 2 fully saturated rings. The zero-order valence-electron chi connectivity index (χ0n) is 26.2. The van der Waals surface area contributed by atoms with E-state index in [4.69, 9.17) is 0 Å². The number of piperidine rings is 1. The van der Waals surface area contributed by atoms with Crippen LogP contribution in [-0.4, -0.2) is 51.6 Å². The van der Waals surface area contributed by atoms with E-state index in [0.717, 1.165) is 36.2 Å². The SMILES string of the molecule is O=C1NC(=O)C(=Cc2ccnc(N3CCC(CNCc4cc(-c5cccc(C(=O)NCc6ccccc6)c5)nc(C(F)(F)F)c4)CC3)n2)S1. The van der Waals surface area contributed by atoms with Crippen molar-refractivity contribution in [2.24, 2.45) is 5.92 Å². The second-order valence-electron chi connectivity index (χ2n) is 11.7. The fraction of sp³-hybridized carbons (Fsp3) is 0.257. The van der Waals surface area contributed by atoms with Crippen LogP contribution in [0.15, 0.2) is 83.9 Å². The summed E-state index contributed by atoms with van der Waals surface area (Å²) < 4.78 is 41.7. The quantitative estimate of drug-likeness (QED) is 0.177. The highest BCUT2D eigenvalue weighted by Crippen LogP contribution is 2.31. The third kappa shape index (κ3) is 8.89. The van der Waals surface area contributed by atoms with Crippen LogP contribution < -0.4 is 20.9 Å². The van der Waals surface area contributed by atoms with Crippen LogP contribution in [0.5, 0.6) is 0 Å². The second-order valence-corrected chi connectivity index (χ2v) is 12.7. The molecule has 0 aliphatic carbocycles. The number of nitrogens with zero attached hydrogens (tertiary/aromatic N) is 4. The average Bonchev–Trinajstić information content (AvgIpc) is 3.43. The maximum atomic E-state index is 13.9. The molecule has 2 aliphatic heterocycles. The molecule has 4 aromatic rings. The fourth-order valence-corrected chi connectivity index (χ4v) is 6.26. The topological polar surface area (TPSA) is 129 Å². The van der Waals surface area contributed by atoms with E-state index in [1.807, 2.05) is 35.2 Å². The summed E-state index contributed by atoms with van der Waals surface area (Å²) in [5, 5.41) is 7.96. The first-order chi connectivity index (χ1) is 23.6. The Morgan fingerprint density at radius 1 is 0.959 bits per heavy atom. The first-order valence-corrected chi connectivity index (χ1v) is 16.5. The molecule has 49 heavy (non-hydrogen) atoms. The van der Waals surface area contributed by atoms with Crippen molar-refractivity contribution in [3.63, 3.8) is 0 Å². The monoisotopic (exact) mass is 687 g/mol. The molecule has 4 heterocycles. The van der Waals surface area contributed by atoms with Crippen LogP contribution in [0.25, 0.3) is 17.3 Å². The van der Waals surface area contributed by atoms with Crippen molar-refractivity contribution in [3.8, 4) is 11.3 Å². The maximum Gasteiger partial charge on any atom is 0.433 e. The van der Waals surface area contributed by atoms with E-state index in [-0.39, 0.29) is 23.1 Å². The van der Waals surface area contributed by atoms with Gasteiger partial charge >= 0.3 is 6.18 Å². The fourth-order valence-electron chi connectivity index (χ4n) is 5.59. The summed E-state index contributed by atoms with van der Waals surface area (Å²) in [7, 11) is 0. The molecule has 2 aliphatic rings. The number of carbonyl (C=O) groups is 3. The van der Waals surface area contributed by atoms with E-state index < -0.39 is 23.0 Å². The van der Waals surface area contributed by atoms with Gasteiger partial charge in [0, 0.05) is 43.5 Å². The van der Waals surface area contributed by atoms with Gasteiger partial charge in [-0.25, -0.2) is 15.0 Å². The molecule has 2 saturated heterocycles. The largest absolute Gasteiger partial charge is 0.433 e. The molecule has 0 bridgehead atoms. The minimum atomic E-state index is -4.64. The number of rotatable bonds is 10. The van der Waals surface area contributed by atoms with Gasteiger partial charge in [0.25, 0.3) is 17.1 Å². The molecule has 0 radical (unpaired) electrons. The van der Waals surface area contributed by atoms with E-state index >= 15 is 0 Å². The highest BCUT2D eigenvalue weighted by atomic mass is 32.2. The molecule has 6 rings (SSSR count). The molecule has 0 unspecified atom stereocenters. The predicted molar refractivity (Wildman–Crippen MR) is 180 cm³/mol. The van der Waals surface area contributed by atoms with E-state index in [1.54, 1.807) is 48.7 Å². The van der Waals surface area contributed by atoms with Crippen LogP contribution >= 0.6 is 11.8 Å². The Morgan fingerprint density at radius 2 is 1.76 bits per heavy atom. The molecule has 10 nitrogen and oxygen atoms in total. The molecular weight excluding hydrogens is 655 g/mol. The number of alkyl halides is 3. The van der Waals surface area contributed by atoms with Crippen LogP contribution in [0.3, 0.4) is 0 Å². The molecule has 0 saturated carbocycles. The van der Waals surface area contributed by atoms with Crippen molar-refractivity contribution >= 4 is 40.8 Å². The first-order valence-electron chi connectivity index (χ1n) is 15.6. The molecule has 2 aromatic carbocycles. The molecule has 14 heteroatoms. The Labute approximate surface area is 284 Å². The van der Waals surface area contributed by atoms with E-state index in [0.29, 0.717) is 60.4 Å². The number of hydrogen-bond acceptors (Lipinski definition) is 9. The molecule has 3 N–H and O–H groups in total. The third-order valence-electron chi connectivity index (χ3n) is 8.14. The summed E-state index contributed by atoms with van der Waals surface area (Å²) in [5.41, 5.74) is 1.76. The number of halogens is 3. The Balaban J connectivity index is 1.06. The van der Waals surface area contributed by atoms with Gasteiger partial charge in [-0.15, -0.1) is 0 Å². The van der Waals surface area contributed by atoms with Gasteiger partial charge in [0.2, 0.25) is 5.95 Å². The third-order valence-corrected chi connectivity index (χ3v) is 8.95. The van der Waals surface area contributed by atoms with Gasteiger partial charge in [-0.3, -0.25) is 19.7 Å². The Hall–Kier alpha value is -5.08. The number of nitrogens with one attached hydrogen (secondary N) is 3. The number of aromatic nitrogens is 3. The Bertz CT molecular complexity index is 1880. The minimum Gasteiger partial charge on any atom is -0.348 e. The van der Waals surface area contributed by atoms with Crippen LogP contribution in [0, 0.1) is 5.92 Å². The van der Waals surface area contributed by atoms with Crippen molar-refractivity contribution in [1.82, 2.24) is 30.9 Å². The summed E-state index contributed by atoms with van der Waals surface area (Å²) in [6, 6.07) is 20.2. The first kappa shape index (κ1) is 33.8. The van der Waals surface area contributed by atoms with Crippen LogP contribution in [0.1, 0.15) is 45.7 Å². The van der Waals surface area contributed by atoms with Gasteiger partial charge in [-0.1, -0.05) is 42.5 Å². The van der Waals surface area contributed by atoms with Crippen molar-refractivity contribution < 1.29 is 27.6 Å². The van der Waals surface area contributed by atoms with Gasteiger partial charge in [0.05, 0.1) is 16.3 Å². The number of hydrogen-bond donors (Lipinski definition) is 3. The van der Waals surface area contributed by atoms with Gasteiger partial charge in [0.15, 0.2) is 0 Å². The summed E-state index contributed by atoms with van der Waals surface area (Å²) in [6.07, 6.45) is 0.169. The van der Waals surface area contributed by atoms with Crippen LogP contribution in [-0.2, 0) is 24.1 Å². The lowest BCUT2D eigenvalue weighted by molar-refractivity contribution is -0.141. The molecule has 252 valence electrons. The van der Waals surface area contributed by atoms with Gasteiger partial charge in [-0.2, -0.15) is 13.2 Å². The van der Waals surface area contributed by atoms with Crippen molar-refractivity contribution in [2.45, 2.75) is 32.1 Å². The minimum absolute atomic E-state index is 0.134. The lowest BCUT2D eigenvalue weighted by Gasteiger charge is -2.32. The Kier molecular flexibility index (Phi) is 10.3. The summed E-state index contributed by atoms with van der Waals surface area (Å²) in [6.45, 7) is 2.52. The molecule has 0 spiro atoms. The predicted octanol–water partition coefficient (Wildman–Crippen LogP) is 5.82. The second kappa shape index (κ2) is 15.0. The van der Waals surface area contributed by atoms with Crippen LogP contribution in [0.2, 0.25) is 0 Å². The van der Waals surface area contributed by atoms with Crippen molar-refractivity contribution in [1.29, 1.82) is 0 Å². The summed E-state index contributed by atoms with van der Waals surface area (Å²) in [4.78, 5) is 51.3. The van der Waals surface area contributed by atoms with Crippen molar-refractivity contribution in [2.75, 3.05) is 24.5 Å². The van der Waals surface area contributed by atoms with Gasteiger partial charge in [-0.05, 0) is 84.6 Å². The molecule has 2 aromatic heterocycles. The molecule has 0 atom stereocenters. The maximum absolute atomic E-state index is 13.9. The zero-order chi connectivity index (χ0) is 34.4. The number of amides is 3. The number of benzene rings is 2. The number of anilines is 1. The smallest absolute Gasteiger partial charge is 0.348 e. The van der Waals surface area contributed by atoms with Crippen molar-refractivity contribution in [3.05, 3.63) is 112 Å². The zero-order valence-corrected chi connectivity index (χ0v) is 27.0. The van der Waals surface area contributed by atoms with E-state index in [9.17, 15) is 27.6 Å². The highest BCUT2D eigenvalue weighted by molar-refractivity contribution is 8.18. The number of imide groups is 1. The number of pyridine rings is 1. The Morgan fingerprint density at radius 3 is 2.49 bits per heavy atom. The average molecular weight is 688 g/mol. The van der Waals surface area contributed by atoms with Gasteiger partial charge in [0.1, 0.15) is 5.69 Å². The number of carbonyl (C=O) groups excluding carboxylic acids is 3. The van der Waals surface area contributed by atoms with E-state index in [1.165, 1.54) is 0 Å². The lowest BCUT2D eigenvalue weighted by Crippen LogP contribution is -2.38. The molecule has 3 amide bonds. The normalized spacial score (nSPS) is 16.2. The van der Waals surface area contributed by atoms with Gasteiger partial charge < -0.3 is 15.5 Å². The number of thioether (sulfide) groups is 1. The van der Waals surface area contributed by atoms with Crippen LogP contribution in [0.4, 0.5) is 23.9 Å². The van der Waals surface area contributed by atoms with E-state index in [2.05, 4.69) is 30.9 Å². The summed E-state index contributed by atoms with van der Waals surface area (Å²) >= 11 is 0.827. The lowest BCUT2D eigenvalue weighted by atomic mass is 9.97. The standard InChI is InChI=1S/C35H32F3N7O3S/c36-35(37,38)30-16-24(15-28(43-30)25-7-4-8-26(17-25)31(46)41-21-22-5-2-1-3-6-22)20-39-19-23-10-13-45(14-11-23)33-40-12-9-27(42-33)18-29-32(47)44-34(48)49-29/h1-9,12,15-18,23,39H,10-11,13-14,19-21H2,(H,41,46)(H,44,47,48). The molecular formula is C35H32F3N7O3S.